The first kappa shape index (κ1) is 12.0. The molecule has 2 atom stereocenters. The molecule has 0 aliphatic heterocycles. The lowest BCUT2D eigenvalue weighted by molar-refractivity contribution is 0.178. The minimum Gasteiger partial charge on any atom is -0.495 e. The number of methoxy groups -OCH3 is 1. The predicted molar refractivity (Wildman–Crippen MR) is 69.2 cm³/mol. The molecule has 1 aromatic rings. The Morgan fingerprint density at radius 1 is 1.47 bits per heavy atom. The summed E-state index contributed by atoms with van der Waals surface area (Å²) in [4.78, 5) is 0. The van der Waals surface area contributed by atoms with Crippen molar-refractivity contribution in [2.24, 2.45) is 5.92 Å². The molecule has 1 fully saturated rings. The van der Waals surface area contributed by atoms with Crippen LogP contribution in [0.5, 0.6) is 5.75 Å². The molecule has 2 unspecified atom stereocenters. The Balaban J connectivity index is 1.95. The molecule has 94 valence electrons. The van der Waals surface area contributed by atoms with E-state index in [0.29, 0.717) is 17.4 Å². The second-order valence-electron chi connectivity index (χ2n) is 4.64. The summed E-state index contributed by atoms with van der Waals surface area (Å²) in [5.74, 6) is 1.23. The maximum atomic E-state index is 9.46. The monoisotopic (exact) mass is 236 g/mol. The van der Waals surface area contributed by atoms with Crippen LogP contribution in [0.15, 0.2) is 18.2 Å². The fourth-order valence-electron chi connectivity index (χ4n) is 2.36. The summed E-state index contributed by atoms with van der Waals surface area (Å²) in [6, 6.07) is 5.71. The molecule has 1 aliphatic carbocycles. The molecule has 0 radical (unpaired) electrons. The van der Waals surface area contributed by atoms with Crippen LogP contribution in [0.4, 0.5) is 11.4 Å². The molecular weight excluding hydrogens is 216 g/mol. The molecule has 17 heavy (non-hydrogen) atoms. The molecule has 0 aromatic heterocycles. The molecule has 1 saturated carbocycles. The maximum Gasteiger partial charge on any atom is 0.143 e. The van der Waals surface area contributed by atoms with Crippen LogP contribution >= 0.6 is 0 Å². The summed E-state index contributed by atoms with van der Waals surface area (Å²) in [6.45, 7) is 0.856. The van der Waals surface area contributed by atoms with Crippen molar-refractivity contribution in [2.75, 3.05) is 24.7 Å². The summed E-state index contributed by atoms with van der Waals surface area (Å²) in [7, 11) is 1.61. The van der Waals surface area contributed by atoms with Crippen LogP contribution in [0.2, 0.25) is 0 Å². The average molecular weight is 236 g/mol. The Labute approximate surface area is 102 Å². The minimum absolute atomic E-state index is 0.121. The van der Waals surface area contributed by atoms with Crippen molar-refractivity contribution in [2.45, 2.75) is 25.4 Å². The third-order valence-corrected chi connectivity index (χ3v) is 3.38. The molecule has 0 bridgehead atoms. The number of nitrogens with two attached hydrogens (primary N) is 1. The Bertz CT molecular complexity index is 382. The first-order valence-corrected chi connectivity index (χ1v) is 6.05. The van der Waals surface area contributed by atoms with Gasteiger partial charge in [0.25, 0.3) is 0 Å². The molecule has 0 heterocycles. The zero-order valence-corrected chi connectivity index (χ0v) is 10.1. The van der Waals surface area contributed by atoms with E-state index >= 15 is 0 Å². The van der Waals surface area contributed by atoms with Gasteiger partial charge in [0, 0.05) is 6.54 Å². The second kappa shape index (κ2) is 5.27. The first-order valence-electron chi connectivity index (χ1n) is 6.05. The van der Waals surface area contributed by atoms with Crippen LogP contribution < -0.4 is 15.8 Å². The SMILES string of the molecule is COc1cccc(NCC2CCC(O)C2)c1N. The highest BCUT2D eigenvalue weighted by molar-refractivity contribution is 5.72. The number of benzene rings is 1. The maximum absolute atomic E-state index is 9.46. The van der Waals surface area contributed by atoms with Crippen molar-refractivity contribution >= 4 is 11.4 Å². The molecule has 0 saturated heterocycles. The molecule has 1 aromatic carbocycles. The summed E-state index contributed by atoms with van der Waals surface area (Å²) < 4.78 is 5.17. The quantitative estimate of drug-likeness (QED) is 0.698. The van der Waals surface area contributed by atoms with Crippen molar-refractivity contribution in [3.63, 3.8) is 0 Å². The van der Waals surface area contributed by atoms with Gasteiger partial charge in [0.1, 0.15) is 5.75 Å². The lowest BCUT2D eigenvalue weighted by atomic mass is 10.1. The number of aliphatic hydroxyl groups excluding tert-OH is 1. The average Bonchev–Trinajstić information content (AvgIpc) is 2.74. The van der Waals surface area contributed by atoms with Gasteiger partial charge in [-0.05, 0) is 37.3 Å². The molecule has 0 amide bonds. The number of rotatable bonds is 4. The van der Waals surface area contributed by atoms with Gasteiger partial charge in [-0.3, -0.25) is 0 Å². The molecular formula is C13H20N2O2. The number of nitrogens with one attached hydrogen (secondary N) is 1. The minimum atomic E-state index is -0.121. The van der Waals surface area contributed by atoms with Gasteiger partial charge in [0.2, 0.25) is 0 Å². The predicted octanol–water partition coefficient (Wildman–Crippen LogP) is 1.85. The Kier molecular flexibility index (Phi) is 3.74. The zero-order valence-electron chi connectivity index (χ0n) is 10.1. The van der Waals surface area contributed by atoms with E-state index in [1.54, 1.807) is 7.11 Å². The van der Waals surface area contributed by atoms with Gasteiger partial charge in [0.15, 0.2) is 0 Å². The third kappa shape index (κ3) is 2.82. The summed E-state index contributed by atoms with van der Waals surface area (Å²) in [5.41, 5.74) is 7.52. The van der Waals surface area contributed by atoms with Crippen molar-refractivity contribution < 1.29 is 9.84 Å². The van der Waals surface area contributed by atoms with Crippen LogP contribution in [0.1, 0.15) is 19.3 Å². The van der Waals surface area contributed by atoms with Crippen molar-refractivity contribution in [1.82, 2.24) is 0 Å². The number of hydrogen-bond donors (Lipinski definition) is 3. The largest absolute Gasteiger partial charge is 0.495 e. The van der Waals surface area contributed by atoms with Crippen LogP contribution in [0.3, 0.4) is 0 Å². The Morgan fingerprint density at radius 2 is 2.29 bits per heavy atom. The van der Waals surface area contributed by atoms with E-state index in [1.165, 1.54) is 0 Å². The Morgan fingerprint density at radius 3 is 2.94 bits per heavy atom. The smallest absolute Gasteiger partial charge is 0.143 e. The molecule has 2 rings (SSSR count). The van der Waals surface area contributed by atoms with E-state index in [4.69, 9.17) is 10.5 Å². The standard InChI is InChI=1S/C13H20N2O2/c1-17-12-4-2-3-11(13(12)14)15-8-9-5-6-10(16)7-9/h2-4,9-10,15-16H,5-8,14H2,1H3. The van der Waals surface area contributed by atoms with Crippen molar-refractivity contribution in [3.05, 3.63) is 18.2 Å². The number of aliphatic hydroxyl groups is 1. The van der Waals surface area contributed by atoms with E-state index in [2.05, 4.69) is 5.32 Å². The third-order valence-electron chi connectivity index (χ3n) is 3.38. The molecule has 4 N–H and O–H groups in total. The van der Waals surface area contributed by atoms with Crippen molar-refractivity contribution in [3.8, 4) is 5.75 Å². The van der Waals surface area contributed by atoms with E-state index in [1.807, 2.05) is 18.2 Å². The lowest BCUT2D eigenvalue weighted by Crippen LogP contribution is -2.13. The number of ether oxygens (including phenoxy) is 1. The normalized spacial score (nSPS) is 23.6. The van der Waals surface area contributed by atoms with Gasteiger partial charge in [-0.25, -0.2) is 0 Å². The number of anilines is 2. The summed E-state index contributed by atoms with van der Waals surface area (Å²) >= 11 is 0. The fraction of sp³-hybridized carbons (Fsp3) is 0.538. The topological polar surface area (TPSA) is 67.5 Å². The highest BCUT2D eigenvalue weighted by atomic mass is 16.5. The summed E-state index contributed by atoms with van der Waals surface area (Å²) in [5, 5.41) is 12.8. The number of nitrogen functional groups attached to an aromatic ring is 1. The Hall–Kier alpha value is -1.42. The van der Waals surface area contributed by atoms with Crippen LogP contribution in [-0.4, -0.2) is 24.9 Å². The van der Waals surface area contributed by atoms with E-state index in [9.17, 15) is 5.11 Å². The highest BCUT2D eigenvalue weighted by Gasteiger charge is 2.22. The fourth-order valence-corrected chi connectivity index (χ4v) is 2.36. The first-order chi connectivity index (χ1) is 8.20. The lowest BCUT2D eigenvalue weighted by Gasteiger charge is -2.15. The van der Waals surface area contributed by atoms with Crippen LogP contribution in [0, 0.1) is 5.92 Å². The van der Waals surface area contributed by atoms with E-state index < -0.39 is 0 Å². The van der Waals surface area contributed by atoms with Gasteiger partial charge in [-0.1, -0.05) is 6.07 Å². The number of para-hydroxylation sites is 1. The van der Waals surface area contributed by atoms with Gasteiger partial charge >= 0.3 is 0 Å². The van der Waals surface area contributed by atoms with Gasteiger partial charge in [-0.2, -0.15) is 0 Å². The molecule has 1 aliphatic rings. The van der Waals surface area contributed by atoms with Gasteiger partial charge < -0.3 is 20.9 Å². The molecule has 4 nitrogen and oxygen atoms in total. The second-order valence-corrected chi connectivity index (χ2v) is 4.64. The number of hydrogen-bond acceptors (Lipinski definition) is 4. The zero-order chi connectivity index (χ0) is 12.3. The van der Waals surface area contributed by atoms with Crippen LogP contribution in [0.25, 0.3) is 0 Å². The van der Waals surface area contributed by atoms with E-state index in [-0.39, 0.29) is 6.10 Å². The molecule has 4 heteroatoms. The van der Waals surface area contributed by atoms with E-state index in [0.717, 1.165) is 31.5 Å². The molecule has 0 spiro atoms. The van der Waals surface area contributed by atoms with Crippen LogP contribution in [-0.2, 0) is 0 Å². The summed E-state index contributed by atoms with van der Waals surface area (Å²) in [6.07, 6.45) is 2.76. The van der Waals surface area contributed by atoms with Crippen molar-refractivity contribution in [1.29, 1.82) is 0 Å². The highest BCUT2D eigenvalue weighted by Crippen LogP contribution is 2.30. The van der Waals surface area contributed by atoms with Gasteiger partial charge in [-0.15, -0.1) is 0 Å². The van der Waals surface area contributed by atoms with Gasteiger partial charge in [0.05, 0.1) is 24.6 Å².